The first-order valence-corrected chi connectivity index (χ1v) is 9.08. The van der Waals surface area contributed by atoms with Crippen LogP contribution >= 0.6 is 50.7 Å². The van der Waals surface area contributed by atoms with Crippen LogP contribution in [0.4, 0.5) is 5.82 Å². The molecule has 1 aromatic heterocycles. The Morgan fingerprint density at radius 1 is 1.23 bits per heavy atom. The van der Waals surface area contributed by atoms with Gasteiger partial charge in [-0.1, -0.05) is 34.8 Å². The van der Waals surface area contributed by atoms with E-state index in [4.69, 9.17) is 44.3 Å². The number of aromatic nitrogens is 1. The molecule has 6 nitrogen and oxygen atoms in total. The highest BCUT2D eigenvalue weighted by molar-refractivity contribution is 9.10. The van der Waals surface area contributed by atoms with Gasteiger partial charge in [0.15, 0.2) is 18.5 Å². The fourth-order valence-electron chi connectivity index (χ4n) is 1.74. The number of ether oxygens (including phenoxy) is 2. The number of rotatable bonds is 6. The van der Waals surface area contributed by atoms with Crippen molar-refractivity contribution in [3.63, 3.8) is 0 Å². The molecule has 1 amide bonds. The molecule has 2 rings (SSSR count). The van der Waals surface area contributed by atoms with Crippen LogP contribution in [-0.4, -0.2) is 29.6 Å². The number of anilines is 1. The molecule has 10 heteroatoms. The summed E-state index contributed by atoms with van der Waals surface area (Å²) in [6, 6.07) is 6.28. The van der Waals surface area contributed by atoms with E-state index in [1.807, 2.05) is 0 Å². The Hall–Kier alpha value is -1.54. The van der Waals surface area contributed by atoms with Gasteiger partial charge in [0.05, 0.1) is 14.5 Å². The van der Waals surface area contributed by atoms with Crippen LogP contribution in [0.15, 0.2) is 34.9 Å². The number of carbonyl (C=O) groups is 2. The zero-order chi connectivity index (χ0) is 19.3. The molecule has 1 unspecified atom stereocenters. The summed E-state index contributed by atoms with van der Waals surface area (Å²) in [4.78, 5) is 27.8. The van der Waals surface area contributed by atoms with Crippen LogP contribution in [0.3, 0.4) is 0 Å². The van der Waals surface area contributed by atoms with Gasteiger partial charge in [-0.2, -0.15) is 0 Å². The van der Waals surface area contributed by atoms with E-state index in [0.717, 1.165) is 0 Å². The molecule has 0 spiro atoms. The zero-order valence-corrected chi connectivity index (χ0v) is 17.1. The number of nitrogens with zero attached hydrogens (tertiary/aromatic N) is 1. The van der Waals surface area contributed by atoms with Crippen molar-refractivity contribution in [2.24, 2.45) is 0 Å². The molecule has 0 aliphatic carbocycles. The number of esters is 1. The van der Waals surface area contributed by atoms with Crippen LogP contribution in [0.1, 0.15) is 6.92 Å². The Balaban J connectivity index is 1.86. The summed E-state index contributed by atoms with van der Waals surface area (Å²) in [7, 11) is 0. The molecule has 1 atom stereocenters. The molecule has 1 aromatic carbocycles. The van der Waals surface area contributed by atoms with Crippen LogP contribution in [0.25, 0.3) is 0 Å². The summed E-state index contributed by atoms with van der Waals surface area (Å²) in [5.74, 6) is -0.779. The minimum atomic E-state index is -1.08. The highest BCUT2D eigenvalue weighted by atomic mass is 79.9. The second kappa shape index (κ2) is 9.41. The second-order valence-corrected chi connectivity index (χ2v) is 7.10. The van der Waals surface area contributed by atoms with E-state index in [1.165, 1.54) is 19.2 Å². The van der Waals surface area contributed by atoms with Gasteiger partial charge >= 0.3 is 5.97 Å². The molecule has 1 N–H and O–H groups in total. The maximum atomic E-state index is 12.1. The van der Waals surface area contributed by atoms with E-state index in [0.29, 0.717) is 20.3 Å². The maximum absolute atomic E-state index is 12.1. The van der Waals surface area contributed by atoms with E-state index in [2.05, 4.69) is 26.2 Å². The Morgan fingerprint density at radius 3 is 2.62 bits per heavy atom. The minimum Gasteiger partial charge on any atom is -0.481 e. The topological polar surface area (TPSA) is 77.5 Å². The lowest BCUT2D eigenvalue weighted by atomic mass is 10.3. The SMILES string of the molecule is CC(OC(=O)COc1ccc(Cl)cc1Br)C(=O)Nc1ncc(Cl)cc1Cl. The number of amides is 1. The average Bonchev–Trinajstić information content (AvgIpc) is 2.56. The highest BCUT2D eigenvalue weighted by Gasteiger charge is 2.20. The summed E-state index contributed by atoms with van der Waals surface area (Å²) in [5.41, 5.74) is 0. The lowest BCUT2D eigenvalue weighted by Gasteiger charge is -2.14. The number of halogens is 4. The number of benzene rings is 1. The molecule has 138 valence electrons. The summed E-state index contributed by atoms with van der Waals surface area (Å²) < 4.78 is 10.9. The van der Waals surface area contributed by atoms with Gasteiger partial charge in [-0.05, 0) is 47.1 Å². The molecule has 0 aliphatic heterocycles. The Kier molecular flexibility index (Phi) is 7.52. The summed E-state index contributed by atoms with van der Waals surface area (Å²) in [6.45, 7) is 1.03. The van der Waals surface area contributed by atoms with Crippen LogP contribution in [0.2, 0.25) is 15.1 Å². The maximum Gasteiger partial charge on any atom is 0.344 e. The van der Waals surface area contributed by atoms with E-state index in [-0.39, 0.29) is 17.4 Å². The van der Waals surface area contributed by atoms with Gasteiger partial charge in [-0.15, -0.1) is 0 Å². The third kappa shape index (κ3) is 6.02. The van der Waals surface area contributed by atoms with Crippen LogP contribution < -0.4 is 10.1 Å². The average molecular weight is 483 g/mol. The van der Waals surface area contributed by atoms with Crippen LogP contribution in [0, 0.1) is 0 Å². The first-order valence-electron chi connectivity index (χ1n) is 7.15. The smallest absolute Gasteiger partial charge is 0.344 e. The number of nitrogens with one attached hydrogen (secondary N) is 1. The molecular weight excluding hydrogens is 470 g/mol. The first-order chi connectivity index (χ1) is 12.3. The third-order valence-corrected chi connectivity index (χ3v) is 4.32. The summed E-state index contributed by atoms with van der Waals surface area (Å²) in [5, 5.41) is 3.47. The molecule has 2 aromatic rings. The quantitative estimate of drug-likeness (QED) is 0.601. The molecule has 26 heavy (non-hydrogen) atoms. The molecule has 1 heterocycles. The largest absolute Gasteiger partial charge is 0.481 e. The Bertz CT molecular complexity index is 835. The molecule has 0 saturated carbocycles. The van der Waals surface area contributed by atoms with Gasteiger partial charge in [-0.3, -0.25) is 4.79 Å². The molecule has 0 fully saturated rings. The second-order valence-electron chi connectivity index (χ2n) is 4.97. The first kappa shape index (κ1) is 20.8. The van der Waals surface area contributed by atoms with Crippen molar-refractivity contribution in [3.05, 3.63) is 50.0 Å². The zero-order valence-electron chi connectivity index (χ0n) is 13.3. The fourth-order valence-corrected chi connectivity index (χ4v) is 2.96. The van der Waals surface area contributed by atoms with E-state index in [9.17, 15) is 9.59 Å². The molecule has 0 bridgehead atoms. The number of hydrogen-bond donors (Lipinski definition) is 1. The number of pyridine rings is 1. The van der Waals surface area contributed by atoms with Gasteiger partial charge in [0.1, 0.15) is 5.75 Å². The molecule has 0 radical (unpaired) electrons. The van der Waals surface area contributed by atoms with Gasteiger partial charge in [-0.25, -0.2) is 9.78 Å². The molecule has 0 saturated heterocycles. The van der Waals surface area contributed by atoms with E-state index in [1.54, 1.807) is 18.2 Å². The Morgan fingerprint density at radius 2 is 1.96 bits per heavy atom. The van der Waals surface area contributed by atoms with Gasteiger partial charge in [0.2, 0.25) is 0 Å². The standard InChI is InChI=1S/C16H12BrCl3N2O4/c1-8(16(24)22-15-12(20)5-10(19)6-21-15)26-14(23)7-25-13-3-2-9(18)4-11(13)17/h2-6,8H,7H2,1H3,(H,21,22,24). The van der Waals surface area contributed by atoms with Crippen molar-refractivity contribution in [1.29, 1.82) is 0 Å². The van der Waals surface area contributed by atoms with E-state index >= 15 is 0 Å². The van der Waals surface area contributed by atoms with Crippen LogP contribution in [0.5, 0.6) is 5.75 Å². The van der Waals surface area contributed by atoms with Gasteiger partial charge in [0.25, 0.3) is 5.91 Å². The number of carbonyl (C=O) groups excluding carboxylic acids is 2. The lowest BCUT2D eigenvalue weighted by molar-refractivity contribution is -0.155. The minimum absolute atomic E-state index is 0.116. The van der Waals surface area contributed by atoms with Gasteiger partial charge < -0.3 is 14.8 Å². The predicted octanol–water partition coefficient (Wildman–Crippen LogP) is 4.75. The highest BCUT2D eigenvalue weighted by Crippen LogP contribution is 2.28. The predicted molar refractivity (Wildman–Crippen MR) is 103 cm³/mol. The van der Waals surface area contributed by atoms with Crippen molar-refractivity contribution in [2.75, 3.05) is 11.9 Å². The van der Waals surface area contributed by atoms with Crippen molar-refractivity contribution < 1.29 is 19.1 Å². The summed E-state index contributed by atoms with van der Waals surface area (Å²) in [6.07, 6.45) is 0.255. The number of hydrogen-bond acceptors (Lipinski definition) is 5. The van der Waals surface area contributed by atoms with Crippen molar-refractivity contribution >= 4 is 68.4 Å². The van der Waals surface area contributed by atoms with Crippen molar-refractivity contribution in [2.45, 2.75) is 13.0 Å². The molecular formula is C16H12BrCl3N2O4. The van der Waals surface area contributed by atoms with Crippen LogP contribution in [-0.2, 0) is 14.3 Å². The normalized spacial score (nSPS) is 11.6. The fraction of sp³-hybridized carbons (Fsp3) is 0.188. The third-order valence-electron chi connectivity index (χ3n) is 2.97. The summed E-state index contributed by atoms with van der Waals surface area (Å²) >= 11 is 20.8. The Labute approximate surface area is 172 Å². The molecule has 0 aliphatic rings. The van der Waals surface area contributed by atoms with Gasteiger partial charge in [0, 0.05) is 11.2 Å². The monoisotopic (exact) mass is 480 g/mol. The lowest BCUT2D eigenvalue weighted by Crippen LogP contribution is -2.32. The van der Waals surface area contributed by atoms with Crippen molar-refractivity contribution in [1.82, 2.24) is 4.98 Å². The van der Waals surface area contributed by atoms with Crippen molar-refractivity contribution in [3.8, 4) is 5.75 Å². The van der Waals surface area contributed by atoms with E-state index < -0.39 is 18.0 Å².